The van der Waals surface area contributed by atoms with Crippen LogP contribution in [0.4, 0.5) is 4.39 Å². The molecule has 0 atom stereocenters. The van der Waals surface area contributed by atoms with E-state index in [1.165, 1.54) is 11.6 Å². The Morgan fingerprint density at radius 2 is 1.95 bits per heavy atom. The van der Waals surface area contributed by atoms with Gasteiger partial charge in [-0.05, 0) is 66.4 Å². The molecule has 2 nitrogen and oxygen atoms in total. The van der Waals surface area contributed by atoms with E-state index in [-0.39, 0.29) is 5.82 Å². The second-order valence-corrected chi connectivity index (χ2v) is 6.39. The summed E-state index contributed by atoms with van der Waals surface area (Å²) in [5.74, 6) is -0.231. The summed E-state index contributed by atoms with van der Waals surface area (Å²) >= 11 is 7.38. The highest BCUT2D eigenvalue weighted by Gasteiger charge is 2.11. The Bertz CT molecular complexity index is 879. The zero-order valence-corrected chi connectivity index (χ0v) is 14.0. The highest BCUT2D eigenvalue weighted by molar-refractivity contribution is 14.1. The van der Waals surface area contributed by atoms with Gasteiger partial charge in [-0.3, -0.25) is 4.57 Å². The van der Waals surface area contributed by atoms with Crippen LogP contribution in [-0.4, -0.2) is 9.55 Å². The molecule has 1 heterocycles. The molecule has 1 N–H and O–H groups in total. The maximum absolute atomic E-state index is 13.8. The van der Waals surface area contributed by atoms with E-state index in [1.54, 1.807) is 6.07 Å². The van der Waals surface area contributed by atoms with E-state index in [9.17, 15) is 4.39 Å². The topological polar surface area (TPSA) is 20.7 Å². The molecule has 102 valence electrons. The van der Waals surface area contributed by atoms with Gasteiger partial charge in [-0.1, -0.05) is 17.7 Å². The monoisotopic (exact) mass is 398 g/mol. The number of aromatic amines is 1. The number of imidazole rings is 1. The largest absolute Gasteiger partial charge is 0.330 e. The second-order valence-electron chi connectivity index (χ2n) is 4.84. The summed E-state index contributed by atoms with van der Waals surface area (Å²) in [4.78, 5) is 3.14. The number of nitrogens with zero attached hydrogens (tertiary/aromatic N) is 1. The van der Waals surface area contributed by atoms with Gasteiger partial charge in [0.15, 0.2) is 4.77 Å². The van der Waals surface area contributed by atoms with Crippen LogP contribution in [0, 0.1) is 28.0 Å². The van der Waals surface area contributed by atoms with Crippen molar-refractivity contribution in [1.29, 1.82) is 0 Å². The standard InChI is InChI=1S/C15H12FIN2S/c1-8-3-4-13(9(2)5-8)19-14-6-10(16)11(17)7-12(14)18-15(19)20/h3-7H,1-2H3,(H,18,20). The number of H-pyrrole nitrogens is 1. The van der Waals surface area contributed by atoms with Crippen LogP contribution >= 0.6 is 34.8 Å². The third kappa shape index (κ3) is 2.18. The number of rotatable bonds is 1. The molecule has 0 saturated heterocycles. The molecule has 3 rings (SSSR count). The third-order valence-corrected chi connectivity index (χ3v) is 4.43. The van der Waals surface area contributed by atoms with Gasteiger partial charge in [0.1, 0.15) is 5.82 Å². The van der Waals surface area contributed by atoms with E-state index in [0.29, 0.717) is 8.34 Å². The lowest BCUT2D eigenvalue weighted by molar-refractivity contribution is 0.622. The minimum Gasteiger partial charge on any atom is -0.330 e. The fourth-order valence-electron chi connectivity index (χ4n) is 2.40. The lowest BCUT2D eigenvalue weighted by Gasteiger charge is -2.09. The van der Waals surface area contributed by atoms with Crippen molar-refractivity contribution in [3.63, 3.8) is 0 Å². The van der Waals surface area contributed by atoms with Gasteiger partial charge in [0.25, 0.3) is 0 Å². The van der Waals surface area contributed by atoms with E-state index in [0.717, 1.165) is 22.3 Å². The SMILES string of the molecule is Cc1ccc(-n2c(=S)[nH]c3cc(I)c(F)cc32)c(C)c1. The molecule has 20 heavy (non-hydrogen) atoms. The highest BCUT2D eigenvalue weighted by atomic mass is 127. The molecule has 2 aromatic carbocycles. The van der Waals surface area contributed by atoms with Crippen molar-refractivity contribution in [2.75, 3.05) is 0 Å². The van der Waals surface area contributed by atoms with E-state index in [1.807, 2.05) is 53.1 Å². The Labute approximate surface area is 134 Å². The van der Waals surface area contributed by atoms with Gasteiger partial charge >= 0.3 is 0 Å². The van der Waals surface area contributed by atoms with Gasteiger partial charge in [-0.15, -0.1) is 0 Å². The first-order chi connectivity index (χ1) is 9.47. The predicted octanol–water partition coefficient (Wildman–Crippen LogP) is 5.05. The fraction of sp³-hybridized carbons (Fsp3) is 0.133. The van der Waals surface area contributed by atoms with Crippen molar-refractivity contribution < 1.29 is 4.39 Å². The molecule has 0 aliphatic carbocycles. The highest BCUT2D eigenvalue weighted by Crippen LogP contribution is 2.25. The van der Waals surface area contributed by atoms with E-state index >= 15 is 0 Å². The lowest BCUT2D eigenvalue weighted by Crippen LogP contribution is -1.98. The Hall–Kier alpha value is -1.21. The van der Waals surface area contributed by atoms with Crippen molar-refractivity contribution in [3.05, 3.63) is 55.6 Å². The Balaban J connectivity index is 2.39. The Kier molecular flexibility index (Phi) is 3.41. The van der Waals surface area contributed by atoms with Crippen LogP contribution in [-0.2, 0) is 0 Å². The number of aryl methyl sites for hydroxylation is 2. The summed E-state index contributed by atoms with van der Waals surface area (Å²) in [5.41, 5.74) is 4.90. The number of nitrogens with one attached hydrogen (secondary N) is 1. The first-order valence-corrected chi connectivity index (χ1v) is 7.63. The van der Waals surface area contributed by atoms with Gasteiger partial charge in [0.05, 0.1) is 20.3 Å². The number of aromatic nitrogens is 2. The fourth-order valence-corrected chi connectivity index (χ4v) is 3.17. The van der Waals surface area contributed by atoms with Gasteiger partial charge in [0, 0.05) is 6.07 Å². The predicted molar refractivity (Wildman–Crippen MR) is 90.6 cm³/mol. The number of fused-ring (bicyclic) bond motifs is 1. The molecule has 0 saturated carbocycles. The third-order valence-electron chi connectivity index (χ3n) is 3.32. The second kappa shape index (κ2) is 4.96. The van der Waals surface area contributed by atoms with Crippen molar-refractivity contribution in [2.45, 2.75) is 13.8 Å². The molecular weight excluding hydrogens is 386 g/mol. The summed E-state index contributed by atoms with van der Waals surface area (Å²) in [6.07, 6.45) is 0. The Morgan fingerprint density at radius 3 is 2.65 bits per heavy atom. The molecule has 0 spiro atoms. The van der Waals surface area contributed by atoms with Crippen molar-refractivity contribution in [2.24, 2.45) is 0 Å². The molecule has 0 fully saturated rings. The van der Waals surface area contributed by atoms with Crippen molar-refractivity contribution in [1.82, 2.24) is 9.55 Å². The van der Waals surface area contributed by atoms with Crippen molar-refractivity contribution in [3.8, 4) is 5.69 Å². The van der Waals surface area contributed by atoms with Gasteiger partial charge in [-0.25, -0.2) is 4.39 Å². The first kappa shape index (κ1) is 13.8. The average Bonchev–Trinajstić information content (AvgIpc) is 2.66. The van der Waals surface area contributed by atoms with Gasteiger partial charge in [-0.2, -0.15) is 0 Å². The maximum Gasteiger partial charge on any atom is 0.182 e. The molecule has 1 aromatic heterocycles. The summed E-state index contributed by atoms with van der Waals surface area (Å²) in [7, 11) is 0. The summed E-state index contributed by atoms with van der Waals surface area (Å²) in [6, 6.07) is 9.46. The molecule has 0 aliphatic rings. The smallest absolute Gasteiger partial charge is 0.182 e. The van der Waals surface area contributed by atoms with E-state index < -0.39 is 0 Å². The molecular formula is C15H12FIN2S. The number of hydrogen-bond donors (Lipinski definition) is 1. The molecule has 0 unspecified atom stereocenters. The minimum atomic E-state index is -0.231. The molecule has 0 amide bonds. The van der Waals surface area contributed by atoms with E-state index in [2.05, 4.69) is 11.1 Å². The first-order valence-electron chi connectivity index (χ1n) is 6.15. The summed E-state index contributed by atoms with van der Waals surface area (Å²) in [6.45, 7) is 4.08. The van der Waals surface area contributed by atoms with Crippen LogP contribution in [0.25, 0.3) is 16.7 Å². The Morgan fingerprint density at radius 1 is 1.20 bits per heavy atom. The zero-order chi connectivity index (χ0) is 14.4. The van der Waals surface area contributed by atoms with Gasteiger partial charge < -0.3 is 4.98 Å². The number of benzene rings is 2. The molecule has 0 radical (unpaired) electrons. The number of halogens is 2. The van der Waals surface area contributed by atoms with Crippen LogP contribution in [0.1, 0.15) is 11.1 Å². The van der Waals surface area contributed by atoms with Crippen LogP contribution in [0.15, 0.2) is 30.3 Å². The molecule has 0 aliphatic heterocycles. The van der Waals surface area contributed by atoms with Gasteiger partial charge in [0.2, 0.25) is 0 Å². The molecule has 0 bridgehead atoms. The van der Waals surface area contributed by atoms with E-state index in [4.69, 9.17) is 12.2 Å². The normalized spacial score (nSPS) is 11.2. The average molecular weight is 398 g/mol. The summed E-state index contributed by atoms with van der Waals surface area (Å²) in [5, 5.41) is 0. The molecule has 5 heteroatoms. The zero-order valence-electron chi connectivity index (χ0n) is 11.0. The maximum atomic E-state index is 13.8. The minimum absolute atomic E-state index is 0.231. The number of hydrogen-bond acceptors (Lipinski definition) is 1. The lowest BCUT2D eigenvalue weighted by atomic mass is 10.1. The van der Waals surface area contributed by atoms with Crippen molar-refractivity contribution >= 4 is 45.8 Å². The van der Waals surface area contributed by atoms with Crippen LogP contribution in [0.3, 0.4) is 0 Å². The molecule has 3 aromatic rings. The summed E-state index contributed by atoms with van der Waals surface area (Å²) < 4.78 is 16.9. The van der Waals surface area contributed by atoms with Crippen LogP contribution in [0.5, 0.6) is 0 Å². The quantitative estimate of drug-likeness (QED) is 0.450. The van der Waals surface area contributed by atoms with Crippen LogP contribution in [0.2, 0.25) is 0 Å². The van der Waals surface area contributed by atoms with Crippen LogP contribution < -0.4 is 0 Å².